The number of fused-ring (bicyclic) bond motifs is 6. The second kappa shape index (κ2) is 34.8. The van der Waals surface area contributed by atoms with Gasteiger partial charge in [0.05, 0.1) is 67.1 Å². The molecule has 1 saturated heterocycles. The van der Waals surface area contributed by atoms with E-state index < -0.39 is 47.7 Å². The van der Waals surface area contributed by atoms with Gasteiger partial charge < -0.3 is 59.8 Å². The van der Waals surface area contributed by atoms with Crippen LogP contribution in [-0.4, -0.2) is 177 Å². The third-order valence-electron chi connectivity index (χ3n) is 17.9. The predicted octanol–water partition coefficient (Wildman–Crippen LogP) is 8.47. The van der Waals surface area contributed by atoms with Crippen molar-refractivity contribution in [3.05, 3.63) is 132 Å². The molecule has 4 aromatic carbocycles. The molecule has 0 saturated carbocycles. The quantitative estimate of drug-likeness (QED) is 0.0234. The van der Waals surface area contributed by atoms with Gasteiger partial charge >= 0.3 is 6.09 Å². The fourth-order valence-electron chi connectivity index (χ4n) is 12.2. The third-order valence-corrected chi connectivity index (χ3v) is 17.9. The second-order valence-corrected chi connectivity index (χ2v) is 25.4. The number of amides is 7. The summed E-state index contributed by atoms with van der Waals surface area (Å²) < 4.78 is 25.7. The first kappa shape index (κ1) is 72.2. The van der Waals surface area contributed by atoms with Crippen molar-refractivity contribution in [2.75, 3.05) is 89.6 Å². The molecule has 536 valence electrons. The highest BCUT2D eigenvalue weighted by Gasteiger charge is 2.36. The van der Waals surface area contributed by atoms with Crippen LogP contribution in [0.3, 0.4) is 0 Å². The van der Waals surface area contributed by atoms with Gasteiger partial charge in [-0.05, 0) is 107 Å². The highest BCUT2D eigenvalue weighted by Crippen LogP contribution is 2.43. The molecule has 4 atom stereocenters. The van der Waals surface area contributed by atoms with Crippen molar-refractivity contribution < 1.29 is 92.5 Å². The zero-order valence-electron chi connectivity index (χ0n) is 56.7. The summed E-state index contributed by atoms with van der Waals surface area (Å²) >= 11 is 0. The lowest BCUT2D eigenvalue weighted by Crippen LogP contribution is -2.52. The number of benzene rings is 4. The molecule has 0 aromatic heterocycles. The van der Waals surface area contributed by atoms with Crippen LogP contribution >= 0.6 is 0 Å². The Bertz CT molecular complexity index is 3820. The monoisotopic (exact) mass is 1390 g/mol. The number of likely N-dealkylation sites (N-methyl/N-ethyl adjacent to an activating group) is 1. The number of anilines is 2. The van der Waals surface area contributed by atoms with Crippen LogP contribution in [0.4, 0.5) is 27.5 Å². The summed E-state index contributed by atoms with van der Waals surface area (Å²) in [6.07, 6.45) is 15.6. The van der Waals surface area contributed by atoms with Crippen LogP contribution in [-0.2, 0) is 59.2 Å². The van der Waals surface area contributed by atoms with E-state index >= 15 is 0 Å². The van der Waals surface area contributed by atoms with Gasteiger partial charge in [0.2, 0.25) is 11.8 Å². The molecule has 0 radical (unpaired) electrons. The molecule has 7 aliphatic rings. The number of rotatable bonds is 23. The highest BCUT2D eigenvalue weighted by molar-refractivity contribution is 6.13. The molecule has 4 aromatic rings. The predicted molar refractivity (Wildman–Crippen MR) is 366 cm³/mol. The largest absolute Gasteiger partial charge is 0.490 e. The Balaban J connectivity index is 0.626. The normalized spacial score (nSPS) is 19.3. The maximum atomic E-state index is 14.5. The van der Waals surface area contributed by atoms with E-state index in [4.69, 9.17) is 28.9 Å². The topological polar surface area (TPSA) is 319 Å². The number of nitrogens with zero attached hydrogens (tertiary/aromatic N) is 7. The summed E-state index contributed by atoms with van der Waals surface area (Å²) in [4.78, 5) is 118. The summed E-state index contributed by atoms with van der Waals surface area (Å²) in [6, 6.07) is 21.0. The van der Waals surface area contributed by atoms with E-state index in [0.29, 0.717) is 89.4 Å². The first-order valence-corrected chi connectivity index (χ1v) is 33.9. The first-order valence-electron chi connectivity index (χ1n) is 33.9. The molecule has 30 nitrogen and oxygen atoms in total. The van der Waals surface area contributed by atoms with Gasteiger partial charge in [-0.1, -0.05) is 70.4 Å². The zero-order chi connectivity index (χ0) is 70.8. The Morgan fingerprint density at radius 2 is 1.12 bits per heavy atom. The van der Waals surface area contributed by atoms with Gasteiger partial charge in [-0.15, -0.1) is 0 Å². The van der Waals surface area contributed by atoms with Gasteiger partial charge in [-0.3, -0.25) is 43.7 Å². The van der Waals surface area contributed by atoms with E-state index in [-0.39, 0.29) is 63.2 Å². The van der Waals surface area contributed by atoms with Crippen LogP contribution < -0.4 is 45.1 Å². The minimum absolute atomic E-state index is 0.0436. The van der Waals surface area contributed by atoms with Crippen LogP contribution in [0.2, 0.25) is 0 Å². The van der Waals surface area contributed by atoms with Gasteiger partial charge in [0.1, 0.15) is 12.6 Å². The summed E-state index contributed by atoms with van der Waals surface area (Å²) in [6.45, 7) is 14.4. The summed E-state index contributed by atoms with van der Waals surface area (Å²) in [5.41, 5.74) is 8.14. The molecule has 0 aliphatic carbocycles. The second-order valence-electron chi connectivity index (χ2n) is 25.4. The van der Waals surface area contributed by atoms with Crippen LogP contribution in [0.5, 0.6) is 23.0 Å². The molecule has 4 N–H and O–H groups in total. The maximum Gasteiger partial charge on any atom is 0.442 e. The molecule has 7 aliphatic heterocycles. The zero-order valence-corrected chi connectivity index (χ0v) is 56.7. The lowest BCUT2D eigenvalue weighted by Gasteiger charge is -2.34. The van der Waals surface area contributed by atoms with Crippen molar-refractivity contribution in [2.45, 2.75) is 109 Å². The van der Waals surface area contributed by atoms with Crippen molar-refractivity contribution in [1.82, 2.24) is 35.6 Å². The van der Waals surface area contributed by atoms with Crippen molar-refractivity contribution >= 4 is 87.9 Å². The molecule has 11 rings (SSSR count). The number of hydrogen-bond acceptors (Lipinski definition) is 24. The fourth-order valence-corrected chi connectivity index (χ4v) is 12.2. The van der Waals surface area contributed by atoms with E-state index in [1.54, 1.807) is 61.1 Å². The number of carbonyl (C=O) groups is 7. The van der Waals surface area contributed by atoms with Crippen LogP contribution in [0, 0.1) is 5.92 Å². The molecule has 7 amide bonds. The smallest absolute Gasteiger partial charge is 0.442 e. The number of carbonyl (C=O) groups excluding carboxylic acids is 7. The van der Waals surface area contributed by atoms with E-state index in [2.05, 4.69) is 109 Å². The maximum absolute atomic E-state index is 14.5. The van der Waals surface area contributed by atoms with E-state index in [0.717, 1.165) is 104 Å². The van der Waals surface area contributed by atoms with Crippen molar-refractivity contribution in [2.24, 2.45) is 15.9 Å². The molecule has 0 unspecified atom stereocenters. The van der Waals surface area contributed by atoms with Gasteiger partial charge in [0.25, 0.3) is 23.6 Å². The molecular weight excluding hydrogens is 1310 g/mol. The Morgan fingerprint density at radius 1 is 0.614 bits per heavy atom. The number of nitrogens with one attached hydrogen (secondary N) is 4. The Kier molecular flexibility index (Phi) is 24.9. The highest BCUT2D eigenvalue weighted by atomic mass is 17.9. The number of aliphatic imine (C=N–C) groups is 2. The van der Waals surface area contributed by atoms with Crippen molar-refractivity contribution in [3.8, 4) is 23.0 Å². The van der Waals surface area contributed by atoms with Gasteiger partial charge in [-0.25, -0.2) is 14.6 Å². The Hall–Kier alpha value is -10.0. The number of hydrogen-bond donors (Lipinski definition) is 4. The lowest BCUT2D eigenvalue weighted by molar-refractivity contribution is -0.809. The summed E-state index contributed by atoms with van der Waals surface area (Å²) in [5, 5.41) is 35.2. The standard InChI is InChI=1S/C71H83N11O19/c1-45(2)67(77-71(89)95-97-99-101-100-98-96-94-34-24-72-64(83)23-25-80-65(84)21-22-66(80)85)68(86)76-47(4)46(3)75-52-17-13-48(14-18-52)50-35-54-41-73-58-39-62-60(37-56(58)69(87)81(54)43-50)90-30-10-8-6-7-9-11-31-91-61-38-57-59(40-63(61)93-33-12-32-92-62)74-42-55-36-51(44-82(55)70(57)88)49-15-19-53(20-16-49)79-28-26-78(5)27-29-79/h13-22,37-45,47,54-55,67,75H,3,6-12,23-36H2,1-2,4-5H3,(H,72,83)(H,76,86)(H,77,89)/t47-,54-,55-,67-/m0/s1. The van der Waals surface area contributed by atoms with Crippen molar-refractivity contribution in [1.29, 1.82) is 0 Å². The first-order chi connectivity index (χ1) is 49.0. The summed E-state index contributed by atoms with van der Waals surface area (Å²) in [5.74, 6) is -0.910. The van der Waals surface area contributed by atoms with E-state index in [1.165, 1.54) is 5.69 Å². The average molecular weight is 1390 g/mol. The fraction of sp³-hybridized carbons (Fsp3) is 0.423. The van der Waals surface area contributed by atoms with E-state index in [1.807, 2.05) is 42.9 Å². The SMILES string of the molecule is C=C(Nc1ccc(C2=CN3C(=O)c4cc5c(cc4N=C[C@@H]3C2)OCCCOc2cc3c(cc2OCCCCCCCCO5)C(=O)N2C=C(c4ccc(N5CCN(C)CC5)cc4)C[C@H]2C=N3)cc1)[C@H](C)NC(=O)[C@@H](NC(=O)OOOOOOOOCCNC(=O)CCN1C(=O)C=CC1=O)C(C)C. The third kappa shape index (κ3) is 19.1. The molecule has 30 heteroatoms. The number of imide groups is 1. The Morgan fingerprint density at radius 3 is 1.67 bits per heavy atom. The van der Waals surface area contributed by atoms with Crippen molar-refractivity contribution in [3.63, 3.8) is 0 Å². The van der Waals surface area contributed by atoms with Gasteiger partial charge in [-0.2, -0.15) is 0 Å². The molecule has 101 heavy (non-hydrogen) atoms. The average Bonchev–Trinajstić information content (AvgIpc) is 1.66. The van der Waals surface area contributed by atoms with E-state index in [9.17, 15) is 33.6 Å². The molecule has 0 bridgehead atoms. The molecular formula is C71H83N11O19. The lowest BCUT2D eigenvalue weighted by atomic mass is 10.0. The van der Waals surface area contributed by atoms with Crippen LogP contribution in [0.15, 0.2) is 120 Å². The van der Waals surface area contributed by atoms with Crippen LogP contribution in [0.25, 0.3) is 11.1 Å². The summed E-state index contributed by atoms with van der Waals surface area (Å²) in [7, 11) is 2.16. The number of piperazine rings is 1. The van der Waals surface area contributed by atoms with Gasteiger partial charge in [0, 0.05) is 146 Å². The van der Waals surface area contributed by atoms with Crippen LogP contribution in [0.1, 0.15) is 117 Å². The Labute approximate surface area is 583 Å². The molecule has 0 spiro atoms. The van der Waals surface area contributed by atoms with Gasteiger partial charge in [0.15, 0.2) is 23.0 Å². The minimum atomic E-state index is -1.24. The molecule has 7 heterocycles. The minimum Gasteiger partial charge on any atom is -0.490 e. The molecule has 1 fully saturated rings. The number of ether oxygens (including phenoxy) is 4.